The van der Waals surface area contributed by atoms with E-state index in [4.69, 9.17) is 11.6 Å². The highest BCUT2D eigenvalue weighted by molar-refractivity contribution is 6.30. The van der Waals surface area contributed by atoms with Gasteiger partial charge in [0.2, 0.25) is 0 Å². The molecule has 0 atom stereocenters. The van der Waals surface area contributed by atoms with Crippen molar-refractivity contribution in [1.82, 2.24) is 9.55 Å². The van der Waals surface area contributed by atoms with E-state index in [2.05, 4.69) is 10.3 Å². The van der Waals surface area contributed by atoms with E-state index >= 15 is 0 Å². The zero-order chi connectivity index (χ0) is 10.5. The minimum Gasteiger partial charge on any atom is -0.383 e. The fourth-order valence-electron chi connectivity index (χ4n) is 1.35. The third-order valence-corrected chi connectivity index (χ3v) is 2.32. The van der Waals surface area contributed by atoms with Gasteiger partial charge in [0.25, 0.3) is 0 Å². The Labute approximate surface area is 93.7 Å². The fraction of sp³-hybridized carbons (Fsp3) is 0.182. The van der Waals surface area contributed by atoms with Crippen molar-refractivity contribution < 1.29 is 0 Å². The second-order valence-electron chi connectivity index (χ2n) is 3.24. The van der Waals surface area contributed by atoms with Gasteiger partial charge in [0.1, 0.15) is 0 Å². The molecule has 0 saturated heterocycles. The first-order valence-corrected chi connectivity index (χ1v) is 5.17. The van der Waals surface area contributed by atoms with Crippen molar-refractivity contribution in [3.63, 3.8) is 0 Å². The smallest absolute Gasteiger partial charge is 0.0946 e. The summed E-state index contributed by atoms with van der Waals surface area (Å²) in [5, 5.41) is 4.04. The number of benzene rings is 1. The molecular weight excluding hydrogens is 210 g/mol. The molecule has 4 heteroatoms. The number of anilines is 1. The number of imidazole rings is 1. The molecule has 2 aromatic rings. The van der Waals surface area contributed by atoms with Crippen molar-refractivity contribution >= 4 is 17.3 Å². The molecule has 0 unspecified atom stereocenters. The molecule has 0 fully saturated rings. The third-order valence-electron chi connectivity index (χ3n) is 2.08. The third kappa shape index (κ3) is 2.99. The van der Waals surface area contributed by atoms with E-state index in [1.54, 1.807) is 12.5 Å². The van der Waals surface area contributed by atoms with Crippen molar-refractivity contribution in [2.24, 2.45) is 0 Å². The van der Waals surface area contributed by atoms with Gasteiger partial charge in [-0.2, -0.15) is 0 Å². The second-order valence-corrected chi connectivity index (χ2v) is 3.67. The summed E-state index contributed by atoms with van der Waals surface area (Å²) in [4.78, 5) is 3.98. The SMILES string of the molecule is Clc1cccc(NCCn2ccnc2)c1. The first kappa shape index (κ1) is 10.1. The predicted octanol–water partition coefficient (Wildman–Crippen LogP) is 2.65. The van der Waals surface area contributed by atoms with Crippen LogP contribution in [0.1, 0.15) is 0 Å². The molecule has 2 rings (SSSR count). The van der Waals surface area contributed by atoms with Crippen LogP contribution in [0.5, 0.6) is 0 Å². The lowest BCUT2D eigenvalue weighted by atomic mass is 10.3. The van der Waals surface area contributed by atoms with Gasteiger partial charge < -0.3 is 9.88 Å². The Morgan fingerprint density at radius 3 is 3.07 bits per heavy atom. The fourth-order valence-corrected chi connectivity index (χ4v) is 1.54. The second kappa shape index (κ2) is 4.84. The number of nitrogens with zero attached hydrogens (tertiary/aromatic N) is 2. The van der Waals surface area contributed by atoms with Gasteiger partial charge in [0, 0.05) is 36.2 Å². The minimum absolute atomic E-state index is 0.752. The minimum atomic E-state index is 0.752. The van der Waals surface area contributed by atoms with Crippen LogP contribution in [0.2, 0.25) is 5.02 Å². The molecule has 0 aliphatic rings. The Balaban J connectivity index is 1.83. The molecule has 0 amide bonds. The van der Waals surface area contributed by atoms with Crippen LogP contribution in [-0.4, -0.2) is 16.1 Å². The van der Waals surface area contributed by atoms with E-state index in [1.165, 1.54) is 0 Å². The van der Waals surface area contributed by atoms with E-state index in [0.29, 0.717) is 0 Å². The number of halogens is 1. The summed E-state index contributed by atoms with van der Waals surface area (Å²) in [5.41, 5.74) is 1.04. The molecule has 1 heterocycles. The van der Waals surface area contributed by atoms with E-state index < -0.39 is 0 Å². The zero-order valence-corrected chi connectivity index (χ0v) is 8.98. The molecule has 0 aliphatic carbocycles. The standard InChI is InChI=1S/C11H12ClN3/c12-10-2-1-3-11(8-10)14-5-7-15-6-4-13-9-15/h1-4,6,8-9,14H,5,7H2. The Bertz CT molecular complexity index is 412. The Kier molecular flexibility index (Phi) is 3.25. The first-order chi connectivity index (χ1) is 7.34. The van der Waals surface area contributed by atoms with E-state index in [1.807, 2.05) is 35.0 Å². The van der Waals surface area contributed by atoms with Crippen LogP contribution in [0.3, 0.4) is 0 Å². The van der Waals surface area contributed by atoms with Crippen LogP contribution >= 0.6 is 11.6 Å². The summed E-state index contributed by atoms with van der Waals surface area (Å²) in [6, 6.07) is 7.71. The van der Waals surface area contributed by atoms with Crippen molar-refractivity contribution in [1.29, 1.82) is 0 Å². The number of hydrogen-bond acceptors (Lipinski definition) is 2. The first-order valence-electron chi connectivity index (χ1n) is 4.80. The summed E-state index contributed by atoms with van der Waals surface area (Å²) >= 11 is 5.87. The number of aromatic nitrogens is 2. The highest BCUT2D eigenvalue weighted by Crippen LogP contribution is 2.14. The molecule has 3 nitrogen and oxygen atoms in total. The molecule has 15 heavy (non-hydrogen) atoms. The van der Waals surface area contributed by atoms with Gasteiger partial charge >= 0.3 is 0 Å². The molecule has 0 saturated carbocycles. The molecule has 0 bridgehead atoms. The van der Waals surface area contributed by atoms with Crippen LogP contribution in [0, 0.1) is 0 Å². The molecule has 1 N–H and O–H groups in total. The summed E-state index contributed by atoms with van der Waals surface area (Å²) in [6.45, 7) is 1.75. The summed E-state index contributed by atoms with van der Waals surface area (Å²) in [6.07, 6.45) is 5.53. The monoisotopic (exact) mass is 221 g/mol. The van der Waals surface area contributed by atoms with Crippen molar-refractivity contribution in [3.8, 4) is 0 Å². The quantitative estimate of drug-likeness (QED) is 0.860. The van der Waals surface area contributed by atoms with Crippen LogP contribution < -0.4 is 5.32 Å². The molecule has 1 aromatic heterocycles. The van der Waals surface area contributed by atoms with E-state index in [9.17, 15) is 0 Å². The van der Waals surface area contributed by atoms with Gasteiger partial charge in [-0.25, -0.2) is 4.98 Å². The molecule has 0 radical (unpaired) electrons. The van der Waals surface area contributed by atoms with Gasteiger partial charge in [-0.05, 0) is 18.2 Å². The van der Waals surface area contributed by atoms with Crippen LogP contribution in [-0.2, 0) is 6.54 Å². The Morgan fingerprint density at radius 2 is 2.33 bits per heavy atom. The van der Waals surface area contributed by atoms with Crippen LogP contribution in [0.25, 0.3) is 0 Å². The van der Waals surface area contributed by atoms with Gasteiger partial charge in [-0.15, -0.1) is 0 Å². The van der Waals surface area contributed by atoms with Crippen LogP contribution in [0.15, 0.2) is 43.0 Å². The van der Waals surface area contributed by atoms with Gasteiger partial charge in [0.05, 0.1) is 6.33 Å². The lowest BCUT2D eigenvalue weighted by molar-refractivity contribution is 0.727. The molecule has 1 aromatic carbocycles. The normalized spacial score (nSPS) is 10.2. The summed E-state index contributed by atoms with van der Waals surface area (Å²) in [7, 11) is 0. The highest BCUT2D eigenvalue weighted by Gasteiger charge is 1.93. The molecule has 78 valence electrons. The molecular formula is C11H12ClN3. The lowest BCUT2D eigenvalue weighted by Gasteiger charge is -2.06. The summed E-state index contributed by atoms with van der Waals surface area (Å²) < 4.78 is 2.03. The maximum absolute atomic E-state index is 5.87. The van der Waals surface area contributed by atoms with E-state index in [-0.39, 0.29) is 0 Å². The highest BCUT2D eigenvalue weighted by atomic mass is 35.5. The van der Waals surface area contributed by atoms with Crippen molar-refractivity contribution in [2.45, 2.75) is 6.54 Å². The van der Waals surface area contributed by atoms with Gasteiger partial charge in [-0.3, -0.25) is 0 Å². The maximum Gasteiger partial charge on any atom is 0.0946 e. The zero-order valence-electron chi connectivity index (χ0n) is 8.23. The summed E-state index contributed by atoms with van der Waals surface area (Å²) in [5.74, 6) is 0. The number of rotatable bonds is 4. The van der Waals surface area contributed by atoms with Crippen LogP contribution in [0.4, 0.5) is 5.69 Å². The Hall–Kier alpha value is -1.48. The number of nitrogens with one attached hydrogen (secondary N) is 1. The van der Waals surface area contributed by atoms with Crippen molar-refractivity contribution in [3.05, 3.63) is 48.0 Å². The topological polar surface area (TPSA) is 29.9 Å². The maximum atomic E-state index is 5.87. The largest absolute Gasteiger partial charge is 0.383 e. The van der Waals surface area contributed by atoms with Gasteiger partial charge in [0.15, 0.2) is 0 Å². The lowest BCUT2D eigenvalue weighted by Crippen LogP contribution is -2.08. The average Bonchev–Trinajstić information content (AvgIpc) is 2.71. The molecule has 0 spiro atoms. The number of hydrogen-bond donors (Lipinski definition) is 1. The van der Waals surface area contributed by atoms with Crippen molar-refractivity contribution in [2.75, 3.05) is 11.9 Å². The average molecular weight is 222 g/mol. The van der Waals surface area contributed by atoms with E-state index in [0.717, 1.165) is 23.8 Å². The molecule has 0 aliphatic heterocycles. The Morgan fingerprint density at radius 1 is 1.40 bits per heavy atom. The van der Waals surface area contributed by atoms with Gasteiger partial charge in [-0.1, -0.05) is 17.7 Å². The predicted molar refractivity (Wildman–Crippen MR) is 62.2 cm³/mol.